The van der Waals surface area contributed by atoms with Gasteiger partial charge in [-0.25, -0.2) is 0 Å². The van der Waals surface area contributed by atoms with Crippen LogP contribution in [0.3, 0.4) is 0 Å². The maximum atomic E-state index is 12.1. The van der Waals surface area contributed by atoms with Gasteiger partial charge in [0.1, 0.15) is 12.4 Å². The first-order valence-electron chi connectivity index (χ1n) is 7.78. The Bertz CT molecular complexity index is 616. The van der Waals surface area contributed by atoms with Gasteiger partial charge < -0.3 is 10.1 Å². The van der Waals surface area contributed by atoms with E-state index >= 15 is 0 Å². The Balaban J connectivity index is 1.65. The van der Waals surface area contributed by atoms with Crippen LogP contribution in [0.1, 0.15) is 18.1 Å². The maximum Gasteiger partial charge on any atom is 0.232 e. The minimum atomic E-state index is -0.0753. The summed E-state index contributed by atoms with van der Waals surface area (Å²) >= 11 is 1.64. The molecular formula is C19H23NO2S. The lowest BCUT2D eigenvalue weighted by atomic mass is 10.2. The highest BCUT2D eigenvalue weighted by Gasteiger charge is 2.12. The van der Waals surface area contributed by atoms with Crippen LogP contribution in [0, 0.1) is 6.92 Å². The molecule has 0 saturated heterocycles. The quantitative estimate of drug-likeness (QED) is 0.748. The highest BCUT2D eigenvalue weighted by atomic mass is 32.2. The Morgan fingerprint density at radius 2 is 1.83 bits per heavy atom. The topological polar surface area (TPSA) is 38.3 Å². The molecule has 122 valence electrons. The van der Waals surface area contributed by atoms with E-state index in [-0.39, 0.29) is 11.2 Å². The van der Waals surface area contributed by atoms with Crippen LogP contribution in [0.2, 0.25) is 0 Å². The van der Waals surface area contributed by atoms with Crippen LogP contribution >= 0.6 is 11.8 Å². The molecule has 0 aliphatic carbocycles. The van der Waals surface area contributed by atoms with Gasteiger partial charge in [0.25, 0.3) is 0 Å². The van der Waals surface area contributed by atoms with Gasteiger partial charge in [-0.2, -0.15) is 0 Å². The van der Waals surface area contributed by atoms with Crippen molar-refractivity contribution in [3.63, 3.8) is 0 Å². The molecule has 0 spiro atoms. The molecule has 1 amide bonds. The van der Waals surface area contributed by atoms with E-state index in [0.717, 1.165) is 17.1 Å². The molecule has 2 aromatic carbocycles. The number of aryl methyl sites for hydroxylation is 1. The van der Waals surface area contributed by atoms with Crippen molar-refractivity contribution in [3.8, 4) is 5.75 Å². The van der Waals surface area contributed by atoms with Crippen molar-refractivity contribution in [1.29, 1.82) is 0 Å². The van der Waals surface area contributed by atoms with E-state index in [1.807, 2.05) is 56.3 Å². The lowest BCUT2D eigenvalue weighted by molar-refractivity contribution is -0.120. The third-order valence-electron chi connectivity index (χ3n) is 3.46. The first-order valence-corrected chi connectivity index (χ1v) is 8.83. The summed E-state index contributed by atoms with van der Waals surface area (Å²) in [6, 6.07) is 18.1. The molecule has 0 saturated carbocycles. The minimum Gasteiger partial charge on any atom is -0.491 e. The standard InChI is InChI=1S/C19H23NO2S/c1-15-8-6-7-11-18(15)22-13-12-20-19(21)16(2)23-14-17-9-4-3-5-10-17/h3-11,16H,12-14H2,1-2H3,(H,20,21)/t16-/m0/s1. The zero-order valence-corrected chi connectivity index (χ0v) is 14.4. The summed E-state index contributed by atoms with van der Waals surface area (Å²) in [6.07, 6.45) is 0. The molecule has 2 rings (SSSR count). The molecule has 0 bridgehead atoms. The van der Waals surface area contributed by atoms with E-state index in [0.29, 0.717) is 13.2 Å². The van der Waals surface area contributed by atoms with Gasteiger partial charge in [0, 0.05) is 5.75 Å². The van der Waals surface area contributed by atoms with Gasteiger partial charge >= 0.3 is 0 Å². The highest BCUT2D eigenvalue weighted by molar-refractivity contribution is 7.99. The second-order valence-corrected chi connectivity index (χ2v) is 6.67. The molecule has 0 aliphatic rings. The van der Waals surface area contributed by atoms with Gasteiger partial charge in [-0.1, -0.05) is 48.5 Å². The largest absolute Gasteiger partial charge is 0.491 e. The number of carbonyl (C=O) groups excluding carboxylic acids is 1. The lowest BCUT2D eigenvalue weighted by Gasteiger charge is -2.13. The maximum absolute atomic E-state index is 12.1. The van der Waals surface area contributed by atoms with E-state index in [1.54, 1.807) is 11.8 Å². The molecule has 0 unspecified atom stereocenters. The zero-order valence-electron chi connectivity index (χ0n) is 13.6. The Labute approximate surface area is 142 Å². The number of ether oxygens (including phenoxy) is 1. The Morgan fingerprint density at radius 3 is 2.57 bits per heavy atom. The van der Waals surface area contributed by atoms with Gasteiger partial charge in [0.2, 0.25) is 5.91 Å². The third-order valence-corrected chi connectivity index (χ3v) is 4.68. The van der Waals surface area contributed by atoms with Crippen molar-refractivity contribution in [2.75, 3.05) is 13.2 Å². The average molecular weight is 329 g/mol. The fourth-order valence-electron chi connectivity index (χ4n) is 2.07. The first-order chi connectivity index (χ1) is 11.2. The lowest BCUT2D eigenvalue weighted by Crippen LogP contribution is -2.34. The smallest absolute Gasteiger partial charge is 0.232 e. The number of para-hydroxylation sites is 1. The summed E-state index contributed by atoms with van der Waals surface area (Å²) < 4.78 is 5.67. The van der Waals surface area contributed by atoms with Gasteiger partial charge in [0.05, 0.1) is 11.8 Å². The molecule has 1 atom stereocenters. The van der Waals surface area contributed by atoms with Crippen molar-refractivity contribution in [2.24, 2.45) is 0 Å². The summed E-state index contributed by atoms with van der Waals surface area (Å²) in [5.74, 6) is 1.77. The fraction of sp³-hybridized carbons (Fsp3) is 0.316. The third kappa shape index (κ3) is 5.99. The van der Waals surface area contributed by atoms with Gasteiger partial charge in [-0.15, -0.1) is 11.8 Å². The number of hydrogen-bond acceptors (Lipinski definition) is 3. The Morgan fingerprint density at radius 1 is 1.13 bits per heavy atom. The number of rotatable bonds is 8. The summed E-state index contributed by atoms with van der Waals surface area (Å²) in [6.45, 7) is 4.94. The van der Waals surface area contributed by atoms with E-state index < -0.39 is 0 Å². The van der Waals surface area contributed by atoms with E-state index in [2.05, 4.69) is 17.4 Å². The number of amides is 1. The second kappa shape index (κ2) is 9.26. The van der Waals surface area contributed by atoms with Crippen molar-refractivity contribution in [3.05, 3.63) is 65.7 Å². The Hall–Kier alpha value is -1.94. The van der Waals surface area contributed by atoms with Crippen molar-refractivity contribution in [1.82, 2.24) is 5.32 Å². The predicted octanol–water partition coefficient (Wildman–Crippen LogP) is 3.81. The minimum absolute atomic E-state index is 0.0549. The van der Waals surface area contributed by atoms with Gasteiger partial charge in [-0.05, 0) is 31.0 Å². The summed E-state index contributed by atoms with van der Waals surface area (Å²) in [5.41, 5.74) is 2.34. The highest BCUT2D eigenvalue weighted by Crippen LogP contribution is 2.18. The van der Waals surface area contributed by atoms with Crippen LogP contribution in [-0.4, -0.2) is 24.3 Å². The molecule has 1 N–H and O–H groups in total. The van der Waals surface area contributed by atoms with Crippen LogP contribution in [0.15, 0.2) is 54.6 Å². The SMILES string of the molecule is Cc1ccccc1OCCNC(=O)[C@H](C)SCc1ccccc1. The summed E-state index contributed by atoms with van der Waals surface area (Å²) in [7, 11) is 0. The van der Waals surface area contributed by atoms with Crippen molar-refractivity contribution >= 4 is 17.7 Å². The summed E-state index contributed by atoms with van der Waals surface area (Å²) in [5, 5.41) is 2.85. The number of hydrogen-bond donors (Lipinski definition) is 1. The molecule has 0 fully saturated rings. The first kappa shape index (κ1) is 17.4. The van der Waals surface area contributed by atoms with E-state index in [1.165, 1.54) is 5.56 Å². The van der Waals surface area contributed by atoms with Crippen molar-refractivity contribution in [2.45, 2.75) is 24.9 Å². The average Bonchev–Trinajstić information content (AvgIpc) is 2.58. The normalized spacial score (nSPS) is 11.7. The van der Waals surface area contributed by atoms with Gasteiger partial charge in [0.15, 0.2) is 0 Å². The Kier molecular flexibility index (Phi) is 7.01. The van der Waals surface area contributed by atoms with Gasteiger partial charge in [-0.3, -0.25) is 4.79 Å². The number of carbonyl (C=O) groups is 1. The van der Waals surface area contributed by atoms with E-state index in [9.17, 15) is 4.79 Å². The molecule has 0 aromatic heterocycles. The van der Waals surface area contributed by atoms with E-state index in [4.69, 9.17) is 4.74 Å². The number of benzene rings is 2. The molecule has 23 heavy (non-hydrogen) atoms. The number of thioether (sulfide) groups is 1. The molecule has 0 radical (unpaired) electrons. The molecule has 4 heteroatoms. The molecule has 2 aromatic rings. The van der Waals surface area contributed by atoms with Crippen LogP contribution in [-0.2, 0) is 10.5 Å². The van der Waals surface area contributed by atoms with Crippen LogP contribution in [0.25, 0.3) is 0 Å². The summed E-state index contributed by atoms with van der Waals surface area (Å²) in [4.78, 5) is 12.1. The molecule has 0 heterocycles. The van der Waals surface area contributed by atoms with Crippen LogP contribution in [0.5, 0.6) is 5.75 Å². The molecular weight excluding hydrogens is 306 g/mol. The fourth-order valence-corrected chi connectivity index (χ4v) is 2.94. The number of nitrogens with one attached hydrogen (secondary N) is 1. The van der Waals surface area contributed by atoms with Crippen LogP contribution < -0.4 is 10.1 Å². The predicted molar refractivity (Wildman–Crippen MR) is 96.9 cm³/mol. The molecule has 3 nitrogen and oxygen atoms in total. The monoisotopic (exact) mass is 329 g/mol. The second-order valence-electron chi connectivity index (χ2n) is 5.34. The molecule has 0 aliphatic heterocycles. The zero-order chi connectivity index (χ0) is 16.5. The van der Waals surface area contributed by atoms with Crippen molar-refractivity contribution < 1.29 is 9.53 Å². The van der Waals surface area contributed by atoms with Crippen LogP contribution in [0.4, 0.5) is 0 Å².